The van der Waals surface area contributed by atoms with E-state index in [1.807, 2.05) is 19.1 Å². The van der Waals surface area contributed by atoms with Crippen LogP contribution in [0.3, 0.4) is 0 Å². The molecule has 3 heteroatoms. The van der Waals surface area contributed by atoms with Crippen molar-refractivity contribution in [3.05, 3.63) is 35.4 Å². The normalized spacial score (nSPS) is 14.4. The van der Waals surface area contributed by atoms with E-state index in [4.69, 9.17) is 4.74 Å². The van der Waals surface area contributed by atoms with Crippen molar-refractivity contribution in [3.63, 3.8) is 0 Å². The van der Waals surface area contributed by atoms with E-state index < -0.39 is 11.6 Å². The van der Waals surface area contributed by atoms with Gasteiger partial charge in [-0.15, -0.1) is 0 Å². The number of rotatable bonds is 3. The molecule has 0 saturated heterocycles. The fourth-order valence-electron chi connectivity index (χ4n) is 1.50. The van der Waals surface area contributed by atoms with Crippen molar-refractivity contribution >= 4 is 5.97 Å². The van der Waals surface area contributed by atoms with E-state index in [0.29, 0.717) is 5.56 Å². The summed E-state index contributed by atoms with van der Waals surface area (Å²) in [6.45, 7) is 5.28. The van der Waals surface area contributed by atoms with Gasteiger partial charge in [-0.25, -0.2) is 4.79 Å². The lowest BCUT2D eigenvalue weighted by Crippen LogP contribution is -2.34. The van der Waals surface area contributed by atoms with E-state index in [1.165, 1.54) is 6.92 Å². The highest BCUT2D eigenvalue weighted by molar-refractivity contribution is 5.81. The van der Waals surface area contributed by atoms with Crippen molar-refractivity contribution in [1.82, 2.24) is 0 Å². The van der Waals surface area contributed by atoms with Gasteiger partial charge in [0.15, 0.2) is 5.60 Å². The monoisotopic (exact) mass is 208 g/mol. The predicted octanol–water partition coefficient (Wildman–Crippen LogP) is 1.77. The molecule has 0 aliphatic rings. The summed E-state index contributed by atoms with van der Waals surface area (Å²) < 4.78 is 4.83. The molecule has 0 saturated carbocycles. The third kappa shape index (κ3) is 2.36. The lowest BCUT2D eigenvalue weighted by Gasteiger charge is -2.23. The summed E-state index contributed by atoms with van der Waals surface area (Å²) >= 11 is 0. The van der Waals surface area contributed by atoms with Gasteiger partial charge in [-0.3, -0.25) is 0 Å². The molecule has 0 amide bonds. The molecule has 1 aromatic carbocycles. The zero-order valence-corrected chi connectivity index (χ0v) is 9.28. The third-order valence-corrected chi connectivity index (χ3v) is 2.34. The highest BCUT2D eigenvalue weighted by Gasteiger charge is 2.34. The number of ether oxygens (including phenoxy) is 1. The molecular weight excluding hydrogens is 192 g/mol. The Morgan fingerprint density at radius 3 is 2.60 bits per heavy atom. The maximum Gasteiger partial charge on any atom is 0.342 e. The molecule has 1 atom stereocenters. The fourth-order valence-corrected chi connectivity index (χ4v) is 1.50. The van der Waals surface area contributed by atoms with E-state index in [2.05, 4.69) is 0 Å². The second-order valence-electron chi connectivity index (χ2n) is 3.61. The van der Waals surface area contributed by atoms with Crippen LogP contribution in [-0.2, 0) is 15.1 Å². The minimum absolute atomic E-state index is 0.265. The van der Waals surface area contributed by atoms with Crippen molar-refractivity contribution in [2.24, 2.45) is 0 Å². The standard InChI is InChI=1S/C12H16O3/c1-4-15-11(13)12(3,14)10-8-6-5-7-9(10)2/h5-8,14H,4H2,1-3H3/t12-/m1/s1. The second kappa shape index (κ2) is 4.45. The minimum atomic E-state index is -1.57. The Labute approximate surface area is 89.7 Å². The maximum absolute atomic E-state index is 11.5. The Morgan fingerprint density at radius 2 is 2.07 bits per heavy atom. The first-order chi connectivity index (χ1) is 7.00. The van der Waals surface area contributed by atoms with Crippen LogP contribution in [0.15, 0.2) is 24.3 Å². The van der Waals surface area contributed by atoms with Crippen molar-refractivity contribution in [3.8, 4) is 0 Å². The van der Waals surface area contributed by atoms with Gasteiger partial charge in [-0.05, 0) is 31.9 Å². The molecule has 0 spiro atoms. The highest BCUT2D eigenvalue weighted by Crippen LogP contribution is 2.25. The van der Waals surface area contributed by atoms with Gasteiger partial charge >= 0.3 is 5.97 Å². The largest absolute Gasteiger partial charge is 0.464 e. The number of carbonyl (C=O) groups excluding carboxylic acids is 1. The Morgan fingerprint density at radius 1 is 1.47 bits per heavy atom. The van der Waals surface area contributed by atoms with Gasteiger partial charge in [-0.2, -0.15) is 0 Å². The Balaban J connectivity index is 3.05. The van der Waals surface area contributed by atoms with Crippen LogP contribution in [0.2, 0.25) is 0 Å². The van der Waals surface area contributed by atoms with Crippen LogP contribution in [-0.4, -0.2) is 17.7 Å². The molecule has 15 heavy (non-hydrogen) atoms. The van der Waals surface area contributed by atoms with E-state index in [1.54, 1.807) is 19.1 Å². The van der Waals surface area contributed by atoms with Crippen LogP contribution in [0.5, 0.6) is 0 Å². The zero-order valence-electron chi connectivity index (χ0n) is 9.28. The van der Waals surface area contributed by atoms with Gasteiger partial charge in [0, 0.05) is 0 Å². The summed E-state index contributed by atoms with van der Waals surface area (Å²) in [5, 5.41) is 10.1. The molecule has 1 aromatic rings. The first-order valence-electron chi connectivity index (χ1n) is 4.95. The quantitative estimate of drug-likeness (QED) is 0.770. The number of aliphatic hydroxyl groups is 1. The molecule has 0 bridgehead atoms. The van der Waals surface area contributed by atoms with Crippen molar-refractivity contribution < 1.29 is 14.6 Å². The lowest BCUT2D eigenvalue weighted by molar-refractivity contribution is -0.164. The topological polar surface area (TPSA) is 46.5 Å². The van der Waals surface area contributed by atoms with Crippen LogP contribution in [0.25, 0.3) is 0 Å². The molecule has 0 radical (unpaired) electrons. The molecule has 0 fully saturated rings. The van der Waals surface area contributed by atoms with Gasteiger partial charge in [0.25, 0.3) is 0 Å². The van der Waals surface area contributed by atoms with Crippen LogP contribution in [0.4, 0.5) is 0 Å². The van der Waals surface area contributed by atoms with Gasteiger partial charge in [-0.1, -0.05) is 24.3 Å². The lowest BCUT2D eigenvalue weighted by atomic mass is 9.92. The van der Waals surface area contributed by atoms with Gasteiger partial charge in [0.1, 0.15) is 0 Å². The first-order valence-corrected chi connectivity index (χ1v) is 4.95. The van der Waals surface area contributed by atoms with Crippen LogP contribution >= 0.6 is 0 Å². The average molecular weight is 208 g/mol. The number of carbonyl (C=O) groups is 1. The average Bonchev–Trinajstić information content (AvgIpc) is 2.18. The van der Waals surface area contributed by atoms with Crippen LogP contribution < -0.4 is 0 Å². The summed E-state index contributed by atoms with van der Waals surface area (Å²) in [6.07, 6.45) is 0. The van der Waals surface area contributed by atoms with Gasteiger partial charge < -0.3 is 9.84 Å². The second-order valence-corrected chi connectivity index (χ2v) is 3.61. The SMILES string of the molecule is CCOC(=O)[C@](C)(O)c1ccccc1C. The number of aryl methyl sites for hydroxylation is 1. The number of esters is 1. The molecule has 1 N–H and O–H groups in total. The Kier molecular flexibility index (Phi) is 3.48. The number of hydrogen-bond acceptors (Lipinski definition) is 3. The summed E-state index contributed by atoms with van der Waals surface area (Å²) in [7, 11) is 0. The molecule has 3 nitrogen and oxygen atoms in total. The fraction of sp³-hybridized carbons (Fsp3) is 0.417. The molecule has 0 aromatic heterocycles. The van der Waals surface area contributed by atoms with E-state index >= 15 is 0 Å². The Bertz CT molecular complexity index is 356. The summed E-state index contributed by atoms with van der Waals surface area (Å²) in [4.78, 5) is 11.5. The van der Waals surface area contributed by atoms with Crippen molar-refractivity contribution in [1.29, 1.82) is 0 Å². The molecule has 82 valence electrons. The highest BCUT2D eigenvalue weighted by atomic mass is 16.5. The molecule has 1 rings (SSSR count). The van der Waals surface area contributed by atoms with Gasteiger partial charge in [0.05, 0.1) is 6.61 Å². The van der Waals surface area contributed by atoms with E-state index in [0.717, 1.165) is 5.56 Å². The smallest absolute Gasteiger partial charge is 0.342 e. The van der Waals surface area contributed by atoms with E-state index in [9.17, 15) is 9.90 Å². The molecule has 0 unspecified atom stereocenters. The van der Waals surface area contributed by atoms with Gasteiger partial charge in [0.2, 0.25) is 0 Å². The summed E-state index contributed by atoms with van der Waals surface area (Å²) in [5.74, 6) is -0.612. The van der Waals surface area contributed by atoms with Crippen molar-refractivity contribution in [2.75, 3.05) is 6.61 Å². The molecule has 0 aliphatic heterocycles. The number of hydrogen-bond donors (Lipinski definition) is 1. The van der Waals surface area contributed by atoms with Crippen LogP contribution in [0, 0.1) is 6.92 Å². The zero-order chi connectivity index (χ0) is 11.5. The molecule has 0 aliphatic carbocycles. The summed E-state index contributed by atoms with van der Waals surface area (Å²) in [6, 6.07) is 7.23. The molecular formula is C12H16O3. The maximum atomic E-state index is 11.5. The summed E-state index contributed by atoms with van der Waals surface area (Å²) in [5.41, 5.74) is -0.111. The Hall–Kier alpha value is -1.35. The van der Waals surface area contributed by atoms with Crippen molar-refractivity contribution in [2.45, 2.75) is 26.4 Å². The first kappa shape index (κ1) is 11.7. The predicted molar refractivity (Wildman–Crippen MR) is 57.4 cm³/mol. The van der Waals surface area contributed by atoms with E-state index in [-0.39, 0.29) is 6.61 Å². The number of benzene rings is 1. The van der Waals surface area contributed by atoms with Crippen LogP contribution in [0.1, 0.15) is 25.0 Å². The molecule has 0 heterocycles. The minimum Gasteiger partial charge on any atom is -0.464 e. The third-order valence-electron chi connectivity index (χ3n) is 2.34.